The quantitative estimate of drug-likeness (QED) is 0.662. The number of sulfone groups is 1. The summed E-state index contributed by atoms with van der Waals surface area (Å²) in [5.74, 6) is 0.784. The second-order valence-electron chi connectivity index (χ2n) is 7.20. The van der Waals surface area contributed by atoms with Gasteiger partial charge in [-0.3, -0.25) is 9.78 Å². The van der Waals surface area contributed by atoms with Crippen molar-refractivity contribution in [1.82, 2.24) is 20.4 Å². The first-order valence-electron chi connectivity index (χ1n) is 9.22. The Kier molecular flexibility index (Phi) is 4.91. The number of hydrogen-bond acceptors (Lipinski definition) is 7. The van der Waals surface area contributed by atoms with Gasteiger partial charge >= 0.3 is 0 Å². The minimum atomic E-state index is -3.40. The molecule has 1 atom stereocenters. The number of nitrogens with one attached hydrogen (secondary N) is 1. The number of rotatable bonds is 6. The highest BCUT2D eigenvalue weighted by Gasteiger charge is 2.26. The molecule has 1 fully saturated rings. The van der Waals surface area contributed by atoms with Crippen molar-refractivity contribution in [2.75, 3.05) is 6.26 Å². The van der Waals surface area contributed by atoms with Crippen LogP contribution in [0.25, 0.3) is 11.4 Å². The topological polar surface area (TPSA) is 115 Å². The Labute approximate surface area is 168 Å². The summed E-state index contributed by atoms with van der Waals surface area (Å²) in [6.07, 6.45) is 5.13. The smallest absolute Gasteiger partial charge is 0.251 e. The van der Waals surface area contributed by atoms with Gasteiger partial charge in [0.25, 0.3) is 5.91 Å². The molecule has 1 unspecified atom stereocenters. The fourth-order valence-electron chi connectivity index (χ4n) is 2.93. The van der Waals surface area contributed by atoms with Gasteiger partial charge in [0.2, 0.25) is 11.7 Å². The highest BCUT2D eigenvalue weighted by molar-refractivity contribution is 7.90. The summed E-state index contributed by atoms with van der Waals surface area (Å²) in [6.45, 7) is 1.72. The van der Waals surface area contributed by atoms with Crippen LogP contribution in [0.1, 0.15) is 53.7 Å². The number of benzene rings is 1. The normalized spacial score (nSPS) is 15.1. The van der Waals surface area contributed by atoms with Gasteiger partial charge in [0.15, 0.2) is 9.84 Å². The van der Waals surface area contributed by atoms with Gasteiger partial charge in [0.05, 0.1) is 4.90 Å². The number of hydrogen-bond donors (Lipinski definition) is 1. The molecule has 0 spiro atoms. The molecule has 2 heterocycles. The summed E-state index contributed by atoms with van der Waals surface area (Å²) in [5.41, 5.74) is 2.08. The Morgan fingerprint density at radius 2 is 2.03 bits per heavy atom. The molecule has 9 heteroatoms. The van der Waals surface area contributed by atoms with Crippen LogP contribution in [-0.4, -0.2) is 35.7 Å². The van der Waals surface area contributed by atoms with Crippen LogP contribution in [0.2, 0.25) is 0 Å². The van der Waals surface area contributed by atoms with Crippen molar-refractivity contribution in [2.24, 2.45) is 0 Å². The van der Waals surface area contributed by atoms with Crippen LogP contribution >= 0.6 is 0 Å². The van der Waals surface area contributed by atoms with E-state index in [1.165, 1.54) is 18.2 Å². The number of pyridine rings is 1. The lowest BCUT2D eigenvalue weighted by Crippen LogP contribution is -2.27. The van der Waals surface area contributed by atoms with E-state index in [0.29, 0.717) is 11.7 Å². The summed E-state index contributed by atoms with van der Waals surface area (Å²) in [4.78, 5) is 21.4. The summed E-state index contributed by atoms with van der Waals surface area (Å²) < 4.78 is 28.7. The predicted octanol–water partition coefficient (Wildman–Crippen LogP) is 2.90. The van der Waals surface area contributed by atoms with Crippen LogP contribution in [0.3, 0.4) is 0 Å². The molecule has 150 valence electrons. The molecule has 4 rings (SSSR count). The van der Waals surface area contributed by atoms with Gasteiger partial charge in [-0.1, -0.05) is 11.2 Å². The van der Waals surface area contributed by atoms with E-state index in [4.69, 9.17) is 4.52 Å². The summed E-state index contributed by atoms with van der Waals surface area (Å²) in [7, 11) is -3.40. The molecular weight excluding hydrogens is 392 g/mol. The molecule has 1 saturated carbocycles. The Morgan fingerprint density at radius 1 is 1.24 bits per heavy atom. The van der Waals surface area contributed by atoms with E-state index >= 15 is 0 Å². The van der Waals surface area contributed by atoms with Gasteiger partial charge in [-0.05, 0) is 50.1 Å². The summed E-state index contributed by atoms with van der Waals surface area (Å²) in [5, 5.41) is 6.76. The molecule has 8 nitrogen and oxygen atoms in total. The number of carbonyl (C=O) groups excluding carboxylic acids is 1. The first-order valence-corrected chi connectivity index (χ1v) is 11.1. The lowest BCUT2D eigenvalue weighted by molar-refractivity contribution is 0.0932. The molecule has 29 heavy (non-hydrogen) atoms. The van der Waals surface area contributed by atoms with E-state index in [2.05, 4.69) is 20.4 Å². The monoisotopic (exact) mass is 412 g/mol. The van der Waals surface area contributed by atoms with Crippen LogP contribution in [0.4, 0.5) is 0 Å². The number of aromatic nitrogens is 3. The van der Waals surface area contributed by atoms with E-state index in [1.807, 2.05) is 12.1 Å². The van der Waals surface area contributed by atoms with Gasteiger partial charge in [-0.2, -0.15) is 4.98 Å². The van der Waals surface area contributed by atoms with Crippen LogP contribution < -0.4 is 5.32 Å². The predicted molar refractivity (Wildman–Crippen MR) is 105 cm³/mol. The zero-order chi connectivity index (χ0) is 20.6. The molecule has 0 saturated heterocycles. The second kappa shape index (κ2) is 7.40. The molecule has 1 aromatic carbocycles. The van der Waals surface area contributed by atoms with Crippen LogP contribution in [0.5, 0.6) is 0 Å². The van der Waals surface area contributed by atoms with Crippen molar-refractivity contribution in [2.45, 2.75) is 36.6 Å². The third-order valence-electron chi connectivity index (χ3n) is 4.72. The first kappa shape index (κ1) is 19.3. The fraction of sp³-hybridized carbons (Fsp3) is 0.300. The number of amides is 1. The molecule has 0 aliphatic heterocycles. The Balaban J connectivity index is 1.49. The average molecular weight is 412 g/mol. The molecular formula is C20H20N4O4S. The molecule has 1 aliphatic rings. The lowest BCUT2D eigenvalue weighted by Gasteiger charge is -2.10. The molecule has 1 aliphatic carbocycles. The molecule has 0 radical (unpaired) electrons. The van der Waals surface area contributed by atoms with E-state index in [1.54, 1.807) is 19.2 Å². The maximum atomic E-state index is 12.5. The van der Waals surface area contributed by atoms with E-state index in [9.17, 15) is 13.2 Å². The van der Waals surface area contributed by atoms with Crippen molar-refractivity contribution in [3.63, 3.8) is 0 Å². The standard InChI is InChI=1S/C20H20N4O4S/c1-12(22-19(25)15-4-3-5-16(10-15)29(2,26)27)20-23-18(24-28-20)14-8-9-21-17(11-14)13-6-7-13/h3-5,8-13H,6-7H2,1-2H3,(H,22,25). The van der Waals surface area contributed by atoms with Crippen LogP contribution in [-0.2, 0) is 9.84 Å². The number of nitrogens with zero attached hydrogens (tertiary/aromatic N) is 3. The van der Waals surface area contributed by atoms with Gasteiger partial charge in [-0.15, -0.1) is 0 Å². The molecule has 0 bridgehead atoms. The van der Waals surface area contributed by atoms with E-state index in [-0.39, 0.29) is 16.3 Å². The maximum absolute atomic E-state index is 12.5. The third kappa shape index (κ3) is 4.34. The Bertz CT molecular complexity index is 1170. The maximum Gasteiger partial charge on any atom is 0.251 e. The summed E-state index contributed by atoms with van der Waals surface area (Å²) in [6, 6.07) is 9.10. The number of carbonyl (C=O) groups is 1. The largest absolute Gasteiger partial charge is 0.341 e. The third-order valence-corrected chi connectivity index (χ3v) is 5.83. The van der Waals surface area contributed by atoms with Gasteiger partial charge < -0.3 is 9.84 Å². The highest BCUT2D eigenvalue weighted by Crippen LogP contribution is 2.39. The van der Waals surface area contributed by atoms with E-state index < -0.39 is 21.8 Å². The molecule has 3 aromatic rings. The van der Waals surface area contributed by atoms with Crippen LogP contribution in [0, 0.1) is 0 Å². The minimum Gasteiger partial charge on any atom is -0.341 e. The second-order valence-corrected chi connectivity index (χ2v) is 9.21. The van der Waals surface area contributed by atoms with Gasteiger partial charge in [0.1, 0.15) is 6.04 Å². The van der Waals surface area contributed by atoms with E-state index in [0.717, 1.165) is 30.4 Å². The first-order chi connectivity index (χ1) is 13.8. The van der Waals surface area contributed by atoms with Crippen molar-refractivity contribution < 1.29 is 17.7 Å². The minimum absolute atomic E-state index is 0.0852. The SMILES string of the molecule is CC(NC(=O)c1cccc(S(C)(=O)=O)c1)c1nc(-c2ccnc(C3CC3)c2)no1. The molecule has 2 aromatic heterocycles. The van der Waals surface area contributed by atoms with Crippen molar-refractivity contribution in [3.05, 3.63) is 59.7 Å². The Hall–Kier alpha value is -3.07. The zero-order valence-corrected chi connectivity index (χ0v) is 16.8. The molecule has 1 amide bonds. The van der Waals surface area contributed by atoms with Gasteiger partial charge in [0, 0.05) is 35.2 Å². The average Bonchev–Trinajstić information content (AvgIpc) is 3.43. The highest BCUT2D eigenvalue weighted by atomic mass is 32.2. The Morgan fingerprint density at radius 3 is 2.76 bits per heavy atom. The zero-order valence-electron chi connectivity index (χ0n) is 16.0. The summed E-state index contributed by atoms with van der Waals surface area (Å²) >= 11 is 0. The fourth-order valence-corrected chi connectivity index (χ4v) is 3.59. The van der Waals surface area contributed by atoms with Crippen molar-refractivity contribution >= 4 is 15.7 Å². The van der Waals surface area contributed by atoms with Crippen molar-refractivity contribution in [1.29, 1.82) is 0 Å². The molecule has 1 N–H and O–H groups in total. The van der Waals surface area contributed by atoms with Crippen molar-refractivity contribution in [3.8, 4) is 11.4 Å². The van der Waals surface area contributed by atoms with Gasteiger partial charge in [-0.25, -0.2) is 8.42 Å². The lowest BCUT2D eigenvalue weighted by atomic mass is 10.1. The van der Waals surface area contributed by atoms with Crippen LogP contribution in [0.15, 0.2) is 52.0 Å².